The lowest BCUT2D eigenvalue weighted by atomic mass is 10.2. The van der Waals surface area contributed by atoms with Crippen molar-refractivity contribution in [2.45, 2.75) is 18.6 Å². The van der Waals surface area contributed by atoms with Crippen LogP contribution in [-0.4, -0.2) is 63.9 Å². The molecule has 33 heavy (non-hydrogen) atoms. The summed E-state index contributed by atoms with van der Waals surface area (Å²) in [7, 11) is -34.6. The molecule has 0 spiro atoms. The molecule has 0 amide bonds. The number of phosphoric acid groups is 6. The van der Waals surface area contributed by atoms with E-state index in [1.165, 1.54) is 0 Å². The van der Waals surface area contributed by atoms with Crippen LogP contribution in [0, 0.1) is 0 Å². The highest BCUT2D eigenvalue weighted by molar-refractivity contribution is 7.67. The number of esters is 1. The van der Waals surface area contributed by atoms with Crippen molar-refractivity contribution in [3.05, 3.63) is 0 Å². The quantitative estimate of drug-likeness (QED) is 0.0946. The van der Waals surface area contributed by atoms with Crippen molar-refractivity contribution in [1.29, 1.82) is 0 Å². The summed E-state index contributed by atoms with van der Waals surface area (Å²) >= 11 is 0. The van der Waals surface area contributed by atoms with Crippen LogP contribution in [0.3, 0.4) is 0 Å². The van der Waals surface area contributed by atoms with Gasteiger partial charge in [-0.25, -0.2) is 27.4 Å². The number of hydrogen-bond acceptors (Lipinski definition) is 14. The first-order valence-corrected chi connectivity index (χ1v) is 16.2. The Hall–Kier alpha value is 0.290. The van der Waals surface area contributed by atoms with Crippen molar-refractivity contribution >= 4 is 52.9 Å². The summed E-state index contributed by atoms with van der Waals surface area (Å²) in [4.78, 5) is 81.9. The third kappa shape index (κ3) is 13.2. The monoisotopic (exact) mass is 612 g/mol. The Morgan fingerprint density at radius 3 is 1.55 bits per heavy atom. The fraction of sp³-hybridized carbons (Fsp3) is 0.800. The Balaban J connectivity index is 2.83. The molecule has 28 heteroatoms. The van der Waals surface area contributed by atoms with Crippen LogP contribution in [0.15, 0.2) is 0 Å². The van der Waals surface area contributed by atoms with Crippen molar-refractivity contribution in [2.75, 3.05) is 6.61 Å². The first-order valence-electron chi connectivity index (χ1n) is 7.19. The van der Waals surface area contributed by atoms with Gasteiger partial charge in [0.2, 0.25) is 0 Å². The van der Waals surface area contributed by atoms with Crippen LogP contribution in [0.2, 0.25) is 0 Å². The number of rotatable bonds is 13. The van der Waals surface area contributed by atoms with Gasteiger partial charge in [-0.1, -0.05) is 0 Å². The van der Waals surface area contributed by atoms with E-state index in [0.717, 1.165) is 0 Å². The third-order valence-corrected chi connectivity index (χ3v) is 10.2. The SMILES string of the molecule is O=C1CC(OP(=O)(O)OP(=O)(O)OP(=O)(O)O)C(COP(=O)(O)OP(=O)(O)OP(=O)(O)O)O1. The van der Waals surface area contributed by atoms with Crippen LogP contribution in [0.5, 0.6) is 0 Å². The molecule has 196 valence electrons. The van der Waals surface area contributed by atoms with Gasteiger partial charge in [-0.05, 0) is 0 Å². The molecule has 1 rings (SSSR count). The smallest absolute Gasteiger partial charge is 0.457 e. The van der Waals surface area contributed by atoms with E-state index < -0.39 is 78.1 Å². The summed E-state index contributed by atoms with van der Waals surface area (Å²) in [6.07, 6.45) is -4.80. The number of carbonyl (C=O) groups excluding carboxylic acids is 1. The van der Waals surface area contributed by atoms with E-state index in [1.807, 2.05) is 0 Å². The van der Waals surface area contributed by atoms with E-state index in [0.29, 0.717) is 0 Å². The van der Waals surface area contributed by atoms with Crippen molar-refractivity contribution in [3.63, 3.8) is 0 Å². The molecule has 6 atom stereocenters. The van der Waals surface area contributed by atoms with Gasteiger partial charge in [0, 0.05) is 0 Å². The van der Waals surface area contributed by atoms with Crippen molar-refractivity contribution in [3.8, 4) is 0 Å². The average Bonchev–Trinajstić information content (AvgIpc) is 2.75. The van der Waals surface area contributed by atoms with Gasteiger partial charge in [0.25, 0.3) is 0 Å². The van der Waals surface area contributed by atoms with Crippen LogP contribution in [0.4, 0.5) is 0 Å². The Bertz CT molecular complexity index is 1020. The number of hydrogen-bond donors (Lipinski definition) is 8. The van der Waals surface area contributed by atoms with E-state index in [4.69, 9.17) is 29.4 Å². The maximum absolute atomic E-state index is 11.8. The van der Waals surface area contributed by atoms with Gasteiger partial charge in [0.15, 0.2) is 6.10 Å². The van der Waals surface area contributed by atoms with Crippen molar-refractivity contribution < 1.29 is 102 Å². The first-order chi connectivity index (χ1) is 14.4. The summed E-state index contributed by atoms with van der Waals surface area (Å²) in [5.74, 6) is -1.21. The van der Waals surface area contributed by atoms with Crippen molar-refractivity contribution in [2.24, 2.45) is 0 Å². The van der Waals surface area contributed by atoms with Crippen LogP contribution >= 0.6 is 46.9 Å². The lowest BCUT2D eigenvalue weighted by Gasteiger charge is -2.22. The average molecular weight is 612 g/mol. The molecule has 0 aromatic rings. The molecule has 22 nitrogen and oxygen atoms in total. The lowest BCUT2D eigenvalue weighted by Crippen LogP contribution is -2.28. The van der Waals surface area contributed by atoms with Gasteiger partial charge in [-0.15, -0.1) is 0 Å². The van der Waals surface area contributed by atoms with Gasteiger partial charge in [0.1, 0.15) is 6.10 Å². The van der Waals surface area contributed by atoms with Crippen molar-refractivity contribution in [1.82, 2.24) is 0 Å². The summed E-state index contributed by atoms with van der Waals surface area (Å²) in [6.45, 7) is -1.32. The van der Waals surface area contributed by atoms with Gasteiger partial charge < -0.3 is 43.9 Å². The zero-order valence-electron chi connectivity index (χ0n) is 15.0. The van der Waals surface area contributed by atoms with E-state index >= 15 is 0 Å². The highest BCUT2D eigenvalue weighted by Crippen LogP contribution is 2.68. The molecule has 8 N–H and O–H groups in total. The number of cyclic esters (lactones) is 1. The number of phosphoric ester groups is 2. The minimum atomic E-state index is -5.91. The predicted molar refractivity (Wildman–Crippen MR) is 93.1 cm³/mol. The van der Waals surface area contributed by atoms with Gasteiger partial charge >= 0.3 is 52.9 Å². The summed E-state index contributed by atoms with van der Waals surface area (Å²) in [5, 5.41) is 0. The van der Waals surface area contributed by atoms with E-state index in [9.17, 15) is 42.0 Å². The Morgan fingerprint density at radius 1 is 0.697 bits per heavy atom. The van der Waals surface area contributed by atoms with E-state index in [1.54, 1.807) is 0 Å². The summed E-state index contributed by atoms with van der Waals surface area (Å²) < 4.78 is 93.7. The minimum Gasteiger partial charge on any atom is -0.457 e. The molecule has 0 aliphatic carbocycles. The second-order valence-corrected chi connectivity index (χ2v) is 14.1. The lowest BCUT2D eigenvalue weighted by molar-refractivity contribution is -0.143. The maximum Gasteiger partial charge on any atom is 0.490 e. The molecule has 0 bridgehead atoms. The van der Waals surface area contributed by atoms with Gasteiger partial charge in [0.05, 0.1) is 13.0 Å². The van der Waals surface area contributed by atoms with Crippen LogP contribution in [0.25, 0.3) is 0 Å². The topological polar surface area (TPSA) is 346 Å². The molecule has 6 unspecified atom stereocenters. The molecular weight excluding hydrogens is 598 g/mol. The fourth-order valence-electron chi connectivity index (χ4n) is 1.78. The Morgan fingerprint density at radius 2 is 1.12 bits per heavy atom. The van der Waals surface area contributed by atoms with E-state index in [2.05, 4.69) is 31.0 Å². The largest absolute Gasteiger partial charge is 0.490 e. The molecule has 1 aliphatic rings. The third-order valence-electron chi connectivity index (χ3n) is 2.57. The van der Waals surface area contributed by atoms with E-state index in [-0.39, 0.29) is 0 Å². The molecule has 0 saturated carbocycles. The zero-order valence-corrected chi connectivity index (χ0v) is 20.4. The number of carbonyl (C=O) groups is 1. The molecule has 1 fully saturated rings. The van der Waals surface area contributed by atoms with Crippen LogP contribution in [0.1, 0.15) is 6.42 Å². The normalized spacial score (nSPS) is 27.1. The standard InChI is InChI=1S/C5H14O22P6/c6-5-1-3(23-31(15,16)27-33(19,20)25-29(10,11)12)4(22-5)2-21-30(13,14)26-32(17,18)24-28(7,8)9/h3-4H,1-2H2,(H,13,14)(H,15,16)(H,17,18)(H,19,20)(H2,7,8,9)(H2,10,11,12). The highest BCUT2D eigenvalue weighted by atomic mass is 31.3. The molecular formula is C5H14O22P6. The molecule has 1 aliphatic heterocycles. The molecule has 0 aromatic carbocycles. The highest BCUT2D eigenvalue weighted by Gasteiger charge is 2.47. The molecule has 0 aromatic heterocycles. The van der Waals surface area contributed by atoms with Gasteiger partial charge in [-0.3, -0.25) is 13.8 Å². The molecule has 1 heterocycles. The minimum absolute atomic E-state index is 0.923. The summed E-state index contributed by atoms with van der Waals surface area (Å²) in [5.41, 5.74) is 0. The fourth-order valence-corrected chi connectivity index (χ4v) is 8.02. The molecule has 1 saturated heterocycles. The second-order valence-electron chi connectivity index (χ2n) is 5.35. The first kappa shape index (κ1) is 31.3. The summed E-state index contributed by atoms with van der Waals surface area (Å²) in [6, 6.07) is 0. The molecule has 0 radical (unpaired) electrons. The van der Waals surface area contributed by atoms with Gasteiger partial charge in [-0.2, -0.15) is 17.2 Å². The zero-order chi connectivity index (χ0) is 26.1. The van der Waals surface area contributed by atoms with Crippen LogP contribution < -0.4 is 0 Å². The maximum atomic E-state index is 11.8. The van der Waals surface area contributed by atoms with Crippen LogP contribution in [-0.2, 0) is 63.2 Å². The Labute approximate surface area is 181 Å². The number of ether oxygens (including phenoxy) is 1. The predicted octanol–water partition coefficient (Wildman–Crippen LogP) is -0.643. The Kier molecular flexibility index (Phi) is 10.2. The second kappa shape index (κ2) is 10.7.